The van der Waals surface area contributed by atoms with Gasteiger partial charge >= 0.3 is 0 Å². The Kier molecular flexibility index (Phi) is 4.76. The monoisotopic (exact) mass is 348 g/mol. The molecule has 1 atom stereocenters. The van der Waals surface area contributed by atoms with Crippen LogP contribution in [-0.2, 0) is 17.9 Å². The fourth-order valence-corrected chi connectivity index (χ4v) is 2.95. The largest absolute Gasteiger partial charge is 0.481 e. The van der Waals surface area contributed by atoms with Crippen LogP contribution in [0.15, 0.2) is 24.3 Å². The van der Waals surface area contributed by atoms with E-state index in [-0.39, 0.29) is 5.91 Å². The molecule has 3 rings (SSSR count). The summed E-state index contributed by atoms with van der Waals surface area (Å²) >= 11 is 5.86. The Morgan fingerprint density at radius 1 is 1.17 bits per heavy atom. The summed E-state index contributed by atoms with van der Waals surface area (Å²) in [7, 11) is 0. The van der Waals surface area contributed by atoms with Gasteiger partial charge in [-0.15, -0.1) is 10.2 Å². The summed E-state index contributed by atoms with van der Waals surface area (Å²) in [4.78, 5) is 14.4. The molecule has 1 amide bonds. The summed E-state index contributed by atoms with van der Waals surface area (Å²) < 4.78 is 7.83. The molecule has 7 heteroatoms. The van der Waals surface area contributed by atoms with Gasteiger partial charge in [0.15, 0.2) is 11.9 Å². The third kappa shape index (κ3) is 3.38. The van der Waals surface area contributed by atoms with Crippen molar-refractivity contribution in [1.29, 1.82) is 0 Å². The number of hydrogen-bond donors (Lipinski definition) is 0. The van der Waals surface area contributed by atoms with E-state index in [1.54, 1.807) is 36.1 Å². The molecule has 0 aliphatic carbocycles. The van der Waals surface area contributed by atoms with Crippen LogP contribution in [0, 0.1) is 0 Å². The maximum absolute atomic E-state index is 12.6. The summed E-state index contributed by atoms with van der Waals surface area (Å²) in [6.07, 6.45) is -0.565. The average molecular weight is 349 g/mol. The predicted octanol–water partition coefficient (Wildman–Crippen LogP) is 2.86. The molecule has 24 heavy (non-hydrogen) atoms. The first-order valence-electron chi connectivity index (χ1n) is 8.08. The summed E-state index contributed by atoms with van der Waals surface area (Å²) in [5, 5.41) is 9.11. The topological polar surface area (TPSA) is 60.2 Å². The fraction of sp³-hybridized carbons (Fsp3) is 0.471. The van der Waals surface area contributed by atoms with E-state index >= 15 is 0 Å². The third-order valence-corrected chi connectivity index (χ3v) is 4.34. The zero-order valence-electron chi connectivity index (χ0n) is 14.1. The number of rotatable bonds is 4. The Balaban J connectivity index is 1.66. The number of carbonyl (C=O) groups excluding carboxylic acids is 1. The van der Waals surface area contributed by atoms with E-state index in [1.807, 2.05) is 0 Å². The van der Waals surface area contributed by atoms with Crippen molar-refractivity contribution in [2.24, 2.45) is 0 Å². The molecule has 0 saturated carbocycles. The number of aromatic nitrogens is 3. The lowest BCUT2D eigenvalue weighted by Crippen LogP contribution is -2.44. The Morgan fingerprint density at radius 2 is 1.88 bits per heavy atom. The lowest BCUT2D eigenvalue weighted by atomic mass is 10.2. The predicted molar refractivity (Wildman–Crippen MR) is 91.1 cm³/mol. The van der Waals surface area contributed by atoms with Gasteiger partial charge in [-0.25, -0.2) is 0 Å². The molecule has 0 radical (unpaired) electrons. The number of carbonyl (C=O) groups is 1. The highest BCUT2D eigenvalue weighted by Gasteiger charge is 2.28. The van der Waals surface area contributed by atoms with Gasteiger partial charge in [-0.05, 0) is 31.2 Å². The van der Waals surface area contributed by atoms with Gasteiger partial charge < -0.3 is 14.2 Å². The first kappa shape index (κ1) is 16.8. The van der Waals surface area contributed by atoms with E-state index in [9.17, 15) is 4.79 Å². The van der Waals surface area contributed by atoms with Crippen molar-refractivity contribution in [2.75, 3.05) is 6.54 Å². The molecule has 0 N–H and O–H groups in total. The first-order chi connectivity index (χ1) is 11.5. The molecule has 1 aliphatic heterocycles. The molecule has 2 heterocycles. The molecule has 1 aromatic carbocycles. The quantitative estimate of drug-likeness (QED) is 0.852. The van der Waals surface area contributed by atoms with Crippen molar-refractivity contribution in [2.45, 2.75) is 45.9 Å². The number of hydrogen-bond acceptors (Lipinski definition) is 4. The number of ether oxygens (including phenoxy) is 1. The number of fused-ring (bicyclic) bond motifs is 1. The standard InChI is InChI=1S/C17H21ClN4O2/c1-11(2)16-20-19-15-10-21(8-9-22(15)16)17(23)12(3)24-14-6-4-13(18)5-7-14/h4-7,11-12H,8-10H2,1-3H3/t12-/m1/s1. The van der Waals surface area contributed by atoms with E-state index in [0.29, 0.717) is 29.8 Å². The average Bonchev–Trinajstić information content (AvgIpc) is 2.99. The number of halogens is 1. The summed E-state index contributed by atoms with van der Waals surface area (Å²) in [6.45, 7) is 7.77. The summed E-state index contributed by atoms with van der Waals surface area (Å²) in [5.74, 6) is 2.70. The van der Waals surface area contributed by atoms with Crippen molar-refractivity contribution in [3.05, 3.63) is 40.9 Å². The van der Waals surface area contributed by atoms with Crippen LogP contribution < -0.4 is 4.74 Å². The van der Waals surface area contributed by atoms with Gasteiger partial charge in [0.25, 0.3) is 5.91 Å². The van der Waals surface area contributed by atoms with Crippen LogP contribution >= 0.6 is 11.6 Å². The van der Waals surface area contributed by atoms with E-state index in [1.165, 1.54) is 0 Å². The molecule has 2 aromatic rings. The molecule has 0 spiro atoms. The van der Waals surface area contributed by atoms with Gasteiger partial charge in [-0.3, -0.25) is 4.79 Å². The fourth-order valence-electron chi connectivity index (χ4n) is 2.82. The summed E-state index contributed by atoms with van der Waals surface area (Å²) in [6, 6.07) is 7.00. The lowest BCUT2D eigenvalue weighted by Gasteiger charge is -2.30. The van der Waals surface area contributed by atoms with Gasteiger partial charge in [-0.2, -0.15) is 0 Å². The van der Waals surface area contributed by atoms with E-state index in [4.69, 9.17) is 16.3 Å². The number of nitrogens with zero attached hydrogens (tertiary/aromatic N) is 4. The van der Waals surface area contributed by atoms with Crippen molar-refractivity contribution in [3.63, 3.8) is 0 Å². The minimum Gasteiger partial charge on any atom is -0.481 e. The molecular formula is C17H21ClN4O2. The molecule has 128 valence electrons. The normalized spacial score (nSPS) is 15.3. The van der Waals surface area contributed by atoms with Gasteiger partial charge in [0.2, 0.25) is 0 Å². The van der Waals surface area contributed by atoms with E-state index in [2.05, 4.69) is 28.6 Å². The smallest absolute Gasteiger partial charge is 0.263 e. The van der Waals surface area contributed by atoms with Crippen molar-refractivity contribution in [3.8, 4) is 5.75 Å². The van der Waals surface area contributed by atoms with Crippen LogP contribution in [-0.4, -0.2) is 38.2 Å². The van der Waals surface area contributed by atoms with Gasteiger partial charge in [0.05, 0.1) is 6.54 Å². The highest BCUT2D eigenvalue weighted by atomic mass is 35.5. The van der Waals surface area contributed by atoms with Crippen LogP contribution in [0.1, 0.15) is 38.3 Å². The Morgan fingerprint density at radius 3 is 2.54 bits per heavy atom. The highest BCUT2D eigenvalue weighted by Crippen LogP contribution is 2.20. The first-order valence-corrected chi connectivity index (χ1v) is 8.46. The molecular weight excluding hydrogens is 328 g/mol. The molecule has 0 saturated heterocycles. The van der Waals surface area contributed by atoms with Crippen molar-refractivity contribution < 1.29 is 9.53 Å². The SMILES string of the molecule is CC(C)c1nnc2n1CCN(C(=O)[C@@H](C)Oc1ccc(Cl)cc1)C2. The summed E-state index contributed by atoms with van der Waals surface area (Å²) in [5.41, 5.74) is 0. The maximum Gasteiger partial charge on any atom is 0.263 e. The van der Waals surface area contributed by atoms with Crippen LogP contribution in [0.25, 0.3) is 0 Å². The molecule has 6 nitrogen and oxygen atoms in total. The minimum absolute atomic E-state index is 0.0507. The van der Waals surface area contributed by atoms with Crippen LogP contribution in [0.5, 0.6) is 5.75 Å². The Hall–Kier alpha value is -2.08. The second kappa shape index (κ2) is 6.81. The number of benzene rings is 1. The van der Waals surface area contributed by atoms with Crippen molar-refractivity contribution >= 4 is 17.5 Å². The van der Waals surface area contributed by atoms with Gasteiger partial charge in [0.1, 0.15) is 11.6 Å². The lowest BCUT2D eigenvalue weighted by molar-refractivity contribution is -0.139. The van der Waals surface area contributed by atoms with Crippen LogP contribution in [0.4, 0.5) is 0 Å². The zero-order chi connectivity index (χ0) is 17.3. The highest BCUT2D eigenvalue weighted by molar-refractivity contribution is 6.30. The minimum atomic E-state index is -0.565. The molecule has 0 unspecified atom stereocenters. The third-order valence-electron chi connectivity index (χ3n) is 4.08. The Bertz CT molecular complexity index is 727. The second-order valence-corrected chi connectivity index (χ2v) is 6.69. The molecule has 0 bridgehead atoms. The van der Waals surface area contributed by atoms with E-state index < -0.39 is 6.10 Å². The van der Waals surface area contributed by atoms with Gasteiger partial charge in [-0.1, -0.05) is 25.4 Å². The molecule has 1 aromatic heterocycles. The van der Waals surface area contributed by atoms with Crippen LogP contribution in [0.2, 0.25) is 5.02 Å². The van der Waals surface area contributed by atoms with E-state index in [0.717, 1.165) is 18.2 Å². The second-order valence-electron chi connectivity index (χ2n) is 6.25. The Labute approximate surface area is 146 Å². The molecule has 0 fully saturated rings. The van der Waals surface area contributed by atoms with Crippen LogP contribution in [0.3, 0.4) is 0 Å². The molecule has 1 aliphatic rings. The maximum atomic E-state index is 12.6. The van der Waals surface area contributed by atoms with Gasteiger partial charge in [0, 0.05) is 24.0 Å². The van der Waals surface area contributed by atoms with Crippen molar-refractivity contribution in [1.82, 2.24) is 19.7 Å². The zero-order valence-corrected chi connectivity index (χ0v) is 14.8. The number of amides is 1.